The molecule has 0 aliphatic carbocycles. The van der Waals surface area contributed by atoms with Gasteiger partial charge in [0.25, 0.3) is 5.60 Å². The first-order valence-corrected chi connectivity index (χ1v) is 9.80. The molecule has 0 radical (unpaired) electrons. The quantitative estimate of drug-likeness (QED) is 0.380. The van der Waals surface area contributed by atoms with Crippen molar-refractivity contribution in [3.05, 3.63) is 68.7 Å². The minimum Gasteiger partial charge on any atom is -0.374 e. The Balaban J connectivity index is 1.91. The van der Waals surface area contributed by atoms with Crippen molar-refractivity contribution < 1.29 is 22.8 Å². The van der Waals surface area contributed by atoms with Crippen molar-refractivity contribution in [2.24, 2.45) is 5.16 Å². The second-order valence-electron chi connectivity index (χ2n) is 6.09. The smallest absolute Gasteiger partial charge is 0.374 e. The molecule has 1 aromatic heterocycles. The minimum absolute atomic E-state index is 0.0632. The second kappa shape index (κ2) is 8.38. The Labute approximate surface area is 178 Å². The van der Waals surface area contributed by atoms with E-state index in [4.69, 9.17) is 28.0 Å². The zero-order chi connectivity index (χ0) is 21.2. The number of carbonyl (C=O) groups is 1. The maximum absolute atomic E-state index is 14.1. The standard InChI is InChI=1S/C19H13Cl2F3N2O2S/c1-2-16(29-17-4-3-11(10-27)9-25-17)15-8-18(28-26-15,19(22,23)24)12-5-13(20)7-14(21)6-12/h2-7,9-10H,8H2,1H3. The average Bonchev–Trinajstić information content (AvgIpc) is 3.12. The number of allylic oxidation sites excluding steroid dienone is 2. The van der Waals surface area contributed by atoms with Gasteiger partial charge in [-0.15, -0.1) is 0 Å². The predicted octanol–water partition coefficient (Wildman–Crippen LogP) is 6.43. The van der Waals surface area contributed by atoms with Gasteiger partial charge in [-0.3, -0.25) is 4.79 Å². The zero-order valence-electron chi connectivity index (χ0n) is 14.8. The van der Waals surface area contributed by atoms with Crippen LogP contribution in [-0.2, 0) is 10.4 Å². The largest absolute Gasteiger partial charge is 0.435 e. The van der Waals surface area contributed by atoms with Crippen molar-refractivity contribution in [2.75, 3.05) is 0 Å². The average molecular weight is 461 g/mol. The third kappa shape index (κ3) is 4.44. The van der Waals surface area contributed by atoms with Gasteiger partial charge < -0.3 is 4.84 Å². The van der Waals surface area contributed by atoms with E-state index in [1.54, 1.807) is 25.1 Å². The molecule has 0 saturated heterocycles. The number of hydrogen-bond donors (Lipinski definition) is 0. The van der Waals surface area contributed by atoms with Crippen LogP contribution in [-0.4, -0.2) is 23.2 Å². The zero-order valence-corrected chi connectivity index (χ0v) is 17.2. The van der Waals surface area contributed by atoms with Crippen molar-refractivity contribution in [2.45, 2.75) is 30.1 Å². The molecule has 1 aliphatic heterocycles. The number of carbonyl (C=O) groups excluding carboxylic acids is 1. The number of hydrogen-bond acceptors (Lipinski definition) is 5. The Morgan fingerprint density at radius 2 is 1.93 bits per heavy atom. The van der Waals surface area contributed by atoms with Crippen LogP contribution in [0.2, 0.25) is 10.0 Å². The molecule has 0 N–H and O–H groups in total. The Kier molecular flexibility index (Phi) is 6.26. The number of nitrogens with zero attached hydrogens (tertiary/aromatic N) is 2. The number of benzene rings is 1. The first kappa shape index (κ1) is 21.7. The van der Waals surface area contributed by atoms with E-state index < -0.39 is 18.2 Å². The van der Waals surface area contributed by atoms with Crippen LogP contribution in [0, 0.1) is 0 Å². The summed E-state index contributed by atoms with van der Waals surface area (Å²) in [5, 5.41) is 4.36. The second-order valence-corrected chi connectivity index (χ2v) is 8.03. The Morgan fingerprint density at radius 1 is 1.24 bits per heavy atom. The molecule has 3 rings (SSSR count). The molecular weight excluding hydrogens is 448 g/mol. The van der Waals surface area contributed by atoms with E-state index in [-0.39, 0.29) is 21.3 Å². The lowest BCUT2D eigenvalue weighted by Crippen LogP contribution is -2.42. The summed E-state index contributed by atoms with van der Waals surface area (Å²) in [5.41, 5.74) is -2.41. The summed E-state index contributed by atoms with van der Waals surface area (Å²) < 4.78 is 42.2. The molecule has 152 valence electrons. The summed E-state index contributed by atoms with van der Waals surface area (Å²) in [5.74, 6) is 0. The third-order valence-corrected chi connectivity index (χ3v) is 5.75. The maximum Gasteiger partial charge on any atom is 0.435 e. The monoisotopic (exact) mass is 460 g/mol. The van der Waals surface area contributed by atoms with Crippen molar-refractivity contribution in [1.82, 2.24) is 4.98 Å². The highest BCUT2D eigenvalue weighted by Gasteiger charge is 2.62. The van der Waals surface area contributed by atoms with E-state index in [0.29, 0.717) is 21.8 Å². The Morgan fingerprint density at radius 3 is 2.45 bits per heavy atom. The topological polar surface area (TPSA) is 51.5 Å². The van der Waals surface area contributed by atoms with Crippen LogP contribution in [0.5, 0.6) is 0 Å². The predicted molar refractivity (Wildman–Crippen MR) is 107 cm³/mol. The van der Waals surface area contributed by atoms with Gasteiger partial charge >= 0.3 is 6.18 Å². The lowest BCUT2D eigenvalue weighted by molar-refractivity contribution is -0.275. The summed E-state index contributed by atoms with van der Waals surface area (Å²) >= 11 is 12.9. The Hall–Kier alpha value is -2.03. The van der Waals surface area contributed by atoms with E-state index in [1.807, 2.05) is 0 Å². The normalized spacial score (nSPS) is 19.7. The van der Waals surface area contributed by atoms with E-state index >= 15 is 0 Å². The number of pyridine rings is 1. The number of aldehydes is 1. The van der Waals surface area contributed by atoms with Crippen LogP contribution in [0.1, 0.15) is 29.3 Å². The molecule has 0 spiro atoms. The fraction of sp³-hybridized carbons (Fsp3) is 0.211. The molecule has 10 heteroatoms. The summed E-state index contributed by atoms with van der Waals surface area (Å²) in [7, 11) is 0. The molecule has 29 heavy (non-hydrogen) atoms. The van der Waals surface area contributed by atoms with Gasteiger partial charge in [0.15, 0.2) is 6.29 Å². The highest BCUT2D eigenvalue weighted by atomic mass is 35.5. The van der Waals surface area contributed by atoms with Crippen molar-refractivity contribution in [1.29, 1.82) is 0 Å². The summed E-state index contributed by atoms with van der Waals surface area (Å²) in [4.78, 5) is 20.3. The van der Waals surface area contributed by atoms with Crippen molar-refractivity contribution >= 4 is 47.0 Å². The molecule has 2 aromatic rings. The van der Waals surface area contributed by atoms with Gasteiger partial charge in [0.05, 0.1) is 12.1 Å². The fourth-order valence-electron chi connectivity index (χ4n) is 2.74. The first-order valence-electron chi connectivity index (χ1n) is 8.22. The van der Waals surface area contributed by atoms with Crippen LogP contribution in [0.4, 0.5) is 13.2 Å². The Bertz CT molecular complexity index is 974. The lowest BCUT2D eigenvalue weighted by Gasteiger charge is -2.29. The molecule has 1 atom stereocenters. The molecule has 0 bridgehead atoms. The number of oxime groups is 1. The molecule has 1 aromatic carbocycles. The van der Waals surface area contributed by atoms with Gasteiger partial charge in [0.1, 0.15) is 5.03 Å². The maximum atomic E-state index is 14.1. The number of rotatable bonds is 5. The molecule has 2 heterocycles. The van der Waals surface area contributed by atoms with E-state index in [1.165, 1.54) is 24.4 Å². The van der Waals surface area contributed by atoms with Gasteiger partial charge in [-0.05, 0) is 37.3 Å². The number of thioether (sulfide) groups is 1. The minimum atomic E-state index is -4.76. The third-order valence-electron chi connectivity index (χ3n) is 4.17. The van der Waals surface area contributed by atoms with Crippen LogP contribution >= 0.6 is 35.0 Å². The van der Waals surface area contributed by atoms with E-state index in [2.05, 4.69) is 10.1 Å². The fourth-order valence-corrected chi connectivity index (χ4v) is 4.08. The highest BCUT2D eigenvalue weighted by molar-refractivity contribution is 8.04. The molecule has 0 saturated carbocycles. The first-order chi connectivity index (χ1) is 13.7. The van der Waals surface area contributed by atoms with Crippen LogP contribution in [0.25, 0.3) is 0 Å². The lowest BCUT2D eigenvalue weighted by atomic mass is 9.88. The number of halogens is 5. The van der Waals surface area contributed by atoms with Crippen LogP contribution < -0.4 is 0 Å². The summed E-state index contributed by atoms with van der Waals surface area (Å²) in [6, 6.07) is 6.84. The molecule has 0 fully saturated rings. The number of aromatic nitrogens is 1. The highest BCUT2D eigenvalue weighted by Crippen LogP contribution is 2.50. The van der Waals surface area contributed by atoms with Crippen LogP contribution in [0.15, 0.2) is 57.7 Å². The van der Waals surface area contributed by atoms with E-state index in [0.717, 1.165) is 11.8 Å². The summed E-state index contributed by atoms with van der Waals surface area (Å²) in [6.07, 6.45) is -1.66. The van der Waals surface area contributed by atoms with Crippen molar-refractivity contribution in [3.63, 3.8) is 0 Å². The molecular formula is C19H13Cl2F3N2O2S. The van der Waals surface area contributed by atoms with Crippen molar-refractivity contribution in [3.8, 4) is 0 Å². The van der Waals surface area contributed by atoms with Gasteiger partial charge in [-0.2, -0.15) is 13.2 Å². The van der Waals surface area contributed by atoms with Crippen LogP contribution in [0.3, 0.4) is 0 Å². The summed E-state index contributed by atoms with van der Waals surface area (Å²) in [6.45, 7) is 1.68. The molecule has 1 aliphatic rings. The SMILES string of the molecule is CC=C(Sc1ccc(C=O)cn1)C1=NOC(c2cc(Cl)cc(Cl)c2)(C(F)(F)F)C1. The number of alkyl halides is 3. The van der Waals surface area contributed by atoms with Gasteiger partial charge in [-0.25, -0.2) is 4.98 Å². The molecule has 4 nitrogen and oxygen atoms in total. The molecule has 0 amide bonds. The van der Waals surface area contributed by atoms with Gasteiger partial charge in [0.2, 0.25) is 0 Å². The molecule has 1 unspecified atom stereocenters. The van der Waals surface area contributed by atoms with Gasteiger partial charge in [0, 0.05) is 32.3 Å². The van der Waals surface area contributed by atoms with Gasteiger partial charge in [-0.1, -0.05) is 46.2 Å². The van der Waals surface area contributed by atoms with E-state index in [9.17, 15) is 18.0 Å².